The van der Waals surface area contributed by atoms with Gasteiger partial charge in [-0.15, -0.1) is 11.6 Å². The molecule has 13 heavy (non-hydrogen) atoms. The van der Waals surface area contributed by atoms with Gasteiger partial charge < -0.3 is 5.32 Å². The van der Waals surface area contributed by atoms with Crippen LogP contribution in [0.2, 0.25) is 0 Å². The number of benzene rings is 1. The van der Waals surface area contributed by atoms with Gasteiger partial charge in [-0.2, -0.15) is 0 Å². The summed E-state index contributed by atoms with van der Waals surface area (Å²) < 4.78 is 0. The lowest BCUT2D eigenvalue weighted by Gasteiger charge is -2.04. The third-order valence-electron chi connectivity index (χ3n) is 1.92. The second-order valence-corrected chi connectivity index (χ2v) is 3.44. The van der Waals surface area contributed by atoms with Gasteiger partial charge in [0.25, 0.3) is 0 Å². The number of hydrogen-bond acceptors (Lipinski definition) is 1. The maximum absolute atomic E-state index is 5.57. The first-order chi connectivity index (χ1) is 6.36. The van der Waals surface area contributed by atoms with Crippen molar-refractivity contribution in [3.05, 3.63) is 29.8 Å². The largest absolute Gasteiger partial charge is 0.384 e. The summed E-state index contributed by atoms with van der Waals surface area (Å²) in [4.78, 5) is 0. The van der Waals surface area contributed by atoms with E-state index in [9.17, 15) is 0 Å². The lowest BCUT2D eigenvalue weighted by Crippen LogP contribution is -2.01. The lowest BCUT2D eigenvalue weighted by molar-refractivity contribution is 0.922. The molecule has 2 heteroatoms. The molecular formula is C11H16ClN. The van der Waals surface area contributed by atoms with Gasteiger partial charge in [-0.1, -0.05) is 25.5 Å². The topological polar surface area (TPSA) is 12.0 Å². The van der Waals surface area contributed by atoms with Crippen molar-refractivity contribution in [2.45, 2.75) is 19.8 Å². The van der Waals surface area contributed by atoms with E-state index in [0.29, 0.717) is 5.88 Å². The molecule has 0 amide bonds. The third kappa shape index (κ3) is 3.69. The minimum absolute atomic E-state index is 0.650. The van der Waals surface area contributed by atoms with Crippen LogP contribution in [0, 0.1) is 0 Å². The van der Waals surface area contributed by atoms with Crippen molar-refractivity contribution >= 4 is 17.3 Å². The number of anilines is 1. The van der Waals surface area contributed by atoms with E-state index in [1.165, 1.54) is 12.0 Å². The second-order valence-electron chi connectivity index (χ2n) is 3.06. The predicted octanol–water partition coefficient (Wildman–Crippen LogP) is 3.29. The number of halogens is 1. The maximum atomic E-state index is 5.57. The van der Waals surface area contributed by atoms with Gasteiger partial charge in [0.2, 0.25) is 0 Å². The summed E-state index contributed by atoms with van der Waals surface area (Å²) in [5.74, 6) is 0.650. The van der Waals surface area contributed by atoms with Crippen molar-refractivity contribution in [3.63, 3.8) is 0 Å². The highest BCUT2D eigenvalue weighted by Gasteiger charge is 1.92. The molecule has 0 fully saturated rings. The van der Waals surface area contributed by atoms with Crippen molar-refractivity contribution in [2.24, 2.45) is 0 Å². The number of aryl methyl sites for hydroxylation is 1. The van der Waals surface area contributed by atoms with Gasteiger partial charge in [0, 0.05) is 18.1 Å². The predicted molar refractivity (Wildman–Crippen MR) is 59.6 cm³/mol. The average Bonchev–Trinajstić information content (AvgIpc) is 2.17. The van der Waals surface area contributed by atoms with Gasteiger partial charge in [-0.05, 0) is 24.1 Å². The van der Waals surface area contributed by atoms with Gasteiger partial charge in [0.15, 0.2) is 0 Å². The zero-order chi connectivity index (χ0) is 9.52. The van der Waals surface area contributed by atoms with Gasteiger partial charge in [0.05, 0.1) is 0 Å². The Morgan fingerprint density at radius 3 is 2.46 bits per heavy atom. The van der Waals surface area contributed by atoms with Crippen LogP contribution < -0.4 is 5.32 Å². The van der Waals surface area contributed by atoms with Crippen molar-refractivity contribution in [3.8, 4) is 0 Å². The van der Waals surface area contributed by atoms with E-state index in [0.717, 1.165) is 18.7 Å². The minimum Gasteiger partial charge on any atom is -0.384 e. The number of rotatable bonds is 5. The quantitative estimate of drug-likeness (QED) is 0.715. The SMILES string of the molecule is CCCc1ccc(NCCCl)cc1. The van der Waals surface area contributed by atoms with Crippen LogP contribution in [-0.2, 0) is 6.42 Å². The van der Waals surface area contributed by atoms with Crippen LogP contribution in [-0.4, -0.2) is 12.4 Å². The molecule has 0 radical (unpaired) electrons. The Labute approximate surface area is 85.1 Å². The van der Waals surface area contributed by atoms with Crippen LogP contribution in [0.4, 0.5) is 5.69 Å². The molecule has 0 aliphatic heterocycles. The van der Waals surface area contributed by atoms with Gasteiger partial charge >= 0.3 is 0 Å². The highest BCUT2D eigenvalue weighted by Crippen LogP contribution is 2.10. The molecule has 72 valence electrons. The molecule has 0 bridgehead atoms. The molecule has 1 aromatic rings. The molecule has 0 aliphatic rings. The van der Waals surface area contributed by atoms with Gasteiger partial charge in [0.1, 0.15) is 0 Å². The maximum Gasteiger partial charge on any atom is 0.0396 e. The van der Waals surface area contributed by atoms with E-state index in [2.05, 4.69) is 36.5 Å². The molecule has 1 aromatic carbocycles. The molecule has 0 unspecified atom stereocenters. The molecular weight excluding hydrogens is 182 g/mol. The molecule has 0 aliphatic carbocycles. The van der Waals surface area contributed by atoms with E-state index < -0.39 is 0 Å². The average molecular weight is 198 g/mol. The normalized spacial score (nSPS) is 10.0. The number of nitrogens with one attached hydrogen (secondary N) is 1. The van der Waals surface area contributed by atoms with E-state index in [1.54, 1.807) is 0 Å². The third-order valence-corrected chi connectivity index (χ3v) is 2.11. The summed E-state index contributed by atoms with van der Waals surface area (Å²) in [6.07, 6.45) is 2.37. The van der Waals surface area contributed by atoms with Crippen LogP contribution in [0.5, 0.6) is 0 Å². The summed E-state index contributed by atoms with van der Waals surface area (Å²) >= 11 is 5.57. The first-order valence-electron chi connectivity index (χ1n) is 4.75. The fourth-order valence-corrected chi connectivity index (χ4v) is 1.36. The molecule has 0 atom stereocenters. The lowest BCUT2D eigenvalue weighted by atomic mass is 10.1. The zero-order valence-corrected chi connectivity index (χ0v) is 8.77. The molecule has 0 aromatic heterocycles. The monoisotopic (exact) mass is 197 g/mol. The minimum atomic E-state index is 0.650. The molecule has 0 heterocycles. The molecule has 0 saturated heterocycles. The molecule has 1 rings (SSSR count). The Morgan fingerprint density at radius 2 is 1.92 bits per heavy atom. The van der Waals surface area contributed by atoms with Crippen molar-refractivity contribution in [1.29, 1.82) is 0 Å². The van der Waals surface area contributed by atoms with Gasteiger partial charge in [-0.25, -0.2) is 0 Å². The Morgan fingerprint density at radius 1 is 1.23 bits per heavy atom. The van der Waals surface area contributed by atoms with E-state index in [1.807, 2.05) is 0 Å². The van der Waals surface area contributed by atoms with Crippen LogP contribution >= 0.6 is 11.6 Å². The molecule has 0 spiro atoms. The highest BCUT2D eigenvalue weighted by atomic mass is 35.5. The summed E-state index contributed by atoms with van der Waals surface area (Å²) in [5, 5.41) is 3.23. The molecule has 1 nitrogen and oxygen atoms in total. The van der Waals surface area contributed by atoms with Crippen LogP contribution in [0.25, 0.3) is 0 Å². The number of alkyl halides is 1. The van der Waals surface area contributed by atoms with E-state index >= 15 is 0 Å². The molecule has 0 saturated carbocycles. The van der Waals surface area contributed by atoms with Crippen molar-refractivity contribution < 1.29 is 0 Å². The Bertz CT molecular complexity index is 230. The fourth-order valence-electron chi connectivity index (χ4n) is 1.27. The fraction of sp³-hybridized carbons (Fsp3) is 0.455. The first-order valence-corrected chi connectivity index (χ1v) is 5.29. The summed E-state index contributed by atoms with van der Waals surface area (Å²) in [5.41, 5.74) is 2.56. The summed E-state index contributed by atoms with van der Waals surface area (Å²) in [6.45, 7) is 3.02. The second kappa shape index (κ2) is 5.87. The Kier molecular flexibility index (Phi) is 4.69. The Hall–Kier alpha value is -0.690. The highest BCUT2D eigenvalue weighted by molar-refractivity contribution is 6.18. The number of hydrogen-bond donors (Lipinski definition) is 1. The van der Waals surface area contributed by atoms with E-state index in [4.69, 9.17) is 11.6 Å². The smallest absolute Gasteiger partial charge is 0.0396 e. The summed E-state index contributed by atoms with van der Waals surface area (Å²) in [7, 11) is 0. The Balaban J connectivity index is 2.48. The molecule has 1 N–H and O–H groups in total. The van der Waals surface area contributed by atoms with Crippen LogP contribution in [0.3, 0.4) is 0 Å². The standard InChI is InChI=1S/C11H16ClN/c1-2-3-10-4-6-11(7-5-10)13-9-8-12/h4-7,13H,2-3,8-9H2,1H3. The van der Waals surface area contributed by atoms with Crippen molar-refractivity contribution in [2.75, 3.05) is 17.7 Å². The van der Waals surface area contributed by atoms with Gasteiger partial charge in [-0.3, -0.25) is 0 Å². The van der Waals surface area contributed by atoms with Crippen LogP contribution in [0.15, 0.2) is 24.3 Å². The van der Waals surface area contributed by atoms with Crippen molar-refractivity contribution in [1.82, 2.24) is 0 Å². The summed E-state index contributed by atoms with van der Waals surface area (Å²) in [6, 6.07) is 8.55. The first kappa shape index (κ1) is 10.4. The van der Waals surface area contributed by atoms with E-state index in [-0.39, 0.29) is 0 Å². The zero-order valence-electron chi connectivity index (χ0n) is 8.02. The van der Waals surface area contributed by atoms with Crippen LogP contribution in [0.1, 0.15) is 18.9 Å².